The maximum Gasteiger partial charge on any atom is 0.243 e. The van der Waals surface area contributed by atoms with E-state index in [-0.39, 0.29) is 17.4 Å². The van der Waals surface area contributed by atoms with Gasteiger partial charge in [-0.05, 0) is 37.6 Å². The normalized spacial score (nSPS) is 12.8. The first-order valence-corrected chi connectivity index (χ1v) is 8.94. The largest absolute Gasteiger partial charge is 0.346 e. The average molecular weight is 356 g/mol. The molecule has 1 rings (SSSR count). The highest BCUT2D eigenvalue weighted by Crippen LogP contribution is 2.22. The lowest BCUT2D eigenvalue weighted by molar-refractivity contribution is -0.125. The van der Waals surface area contributed by atoms with Crippen molar-refractivity contribution >= 4 is 27.5 Å². The number of rotatable bonds is 7. The van der Waals surface area contributed by atoms with E-state index in [0.717, 1.165) is 0 Å². The highest BCUT2D eigenvalue weighted by molar-refractivity contribution is 7.89. The predicted octanol–water partition coefficient (Wildman–Crippen LogP) is -0.0589. The number of amides is 2. The zero-order chi connectivity index (χ0) is 18.5. The second-order valence-corrected chi connectivity index (χ2v) is 7.53. The number of nitrogens with one attached hydrogen (secondary N) is 3. The first-order chi connectivity index (χ1) is 11.1. The molecule has 0 aliphatic rings. The van der Waals surface area contributed by atoms with E-state index in [1.165, 1.54) is 19.2 Å². The van der Waals surface area contributed by atoms with Crippen LogP contribution >= 0.6 is 0 Å². The zero-order valence-electron chi connectivity index (χ0n) is 14.2. The van der Waals surface area contributed by atoms with Gasteiger partial charge in [-0.25, -0.2) is 13.1 Å². The van der Waals surface area contributed by atoms with Crippen molar-refractivity contribution in [3.05, 3.63) is 23.8 Å². The maximum atomic E-state index is 12.0. The van der Waals surface area contributed by atoms with Crippen LogP contribution in [0.2, 0.25) is 0 Å². The number of nitrogens with two attached hydrogens (primary N) is 1. The summed E-state index contributed by atoms with van der Waals surface area (Å²) in [6.07, 6.45) is 0. The van der Waals surface area contributed by atoms with Crippen LogP contribution in [-0.4, -0.2) is 39.9 Å². The standard InChI is InChI=1S/C15H24N4O4S/c1-9(2)14(16)15(21)18-8-13(20)19-11-6-5-7-12(10(11)3)24(22,23)17-4/h5-7,9,14,17H,8,16H2,1-4H3,(H,18,21)(H,19,20)/t14-/m0/s1. The summed E-state index contributed by atoms with van der Waals surface area (Å²) in [5.41, 5.74) is 6.46. The Balaban J connectivity index is 2.79. The van der Waals surface area contributed by atoms with Crippen molar-refractivity contribution < 1.29 is 18.0 Å². The van der Waals surface area contributed by atoms with Gasteiger partial charge < -0.3 is 16.4 Å². The van der Waals surface area contributed by atoms with Gasteiger partial charge in [0.15, 0.2) is 0 Å². The summed E-state index contributed by atoms with van der Waals surface area (Å²) in [7, 11) is -2.31. The highest BCUT2D eigenvalue weighted by Gasteiger charge is 2.19. The van der Waals surface area contributed by atoms with Crippen molar-refractivity contribution in [2.24, 2.45) is 11.7 Å². The summed E-state index contributed by atoms with van der Waals surface area (Å²) >= 11 is 0. The molecule has 1 aromatic carbocycles. The lowest BCUT2D eigenvalue weighted by Crippen LogP contribution is -2.46. The number of hydrogen-bond donors (Lipinski definition) is 4. The average Bonchev–Trinajstić information content (AvgIpc) is 2.53. The Morgan fingerprint density at radius 3 is 2.42 bits per heavy atom. The molecule has 24 heavy (non-hydrogen) atoms. The molecule has 0 heterocycles. The Morgan fingerprint density at radius 2 is 1.88 bits per heavy atom. The fourth-order valence-corrected chi connectivity index (χ4v) is 2.92. The van der Waals surface area contributed by atoms with Crippen LogP contribution in [-0.2, 0) is 19.6 Å². The van der Waals surface area contributed by atoms with Gasteiger partial charge in [0, 0.05) is 5.69 Å². The van der Waals surface area contributed by atoms with Gasteiger partial charge in [-0.1, -0.05) is 19.9 Å². The molecule has 134 valence electrons. The molecule has 0 bridgehead atoms. The molecule has 0 spiro atoms. The molecule has 8 nitrogen and oxygen atoms in total. The minimum atomic E-state index is -3.62. The zero-order valence-corrected chi connectivity index (χ0v) is 15.0. The molecule has 0 aliphatic heterocycles. The molecule has 0 saturated carbocycles. The monoisotopic (exact) mass is 356 g/mol. The molecule has 0 aliphatic carbocycles. The topological polar surface area (TPSA) is 130 Å². The SMILES string of the molecule is CNS(=O)(=O)c1cccc(NC(=O)CNC(=O)[C@@H](N)C(C)C)c1C. The van der Waals surface area contributed by atoms with Gasteiger partial charge in [-0.2, -0.15) is 0 Å². The summed E-state index contributed by atoms with van der Waals surface area (Å²) in [4.78, 5) is 23.8. The summed E-state index contributed by atoms with van der Waals surface area (Å²) in [6.45, 7) is 4.96. The Hall–Kier alpha value is -1.97. The second-order valence-electron chi connectivity index (χ2n) is 5.67. The summed E-state index contributed by atoms with van der Waals surface area (Å²) < 4.78 is 26.1. The van der Waals surface area contributed by atoms with Crippen LogP contribution < -0.4 is 21.1 Å². The summed E-state index contributed by atoms with van der Waals surface area (Å²) in [6, 6.07) is 3.87. The number of hydrogen-bond acceptors (Lipinski definition) is 5. The summed E-state index contributed by atoms with van der Waals surface area (Å²) in [5.74, 6) is -0.927. The Kier molecular flexibility index (Phi) is 6.88. The van der Waals surface area contributed by atoms with Gasteiger partial charge in [0.1, 0.15) is 0 Å². The van der Waals surface area contributed by atoms with Crippen LogP contribution in [0.4, 0.5) is 5.69 Å². The number of sulfonamides is 1. The van der Waals surface area contributed by atoms with E-state index >= 15 is 0 Å². The number of carbonyl (C=O) groups is 2. The fourth-order valence-electron chi connectivity index (χ4n) is 1.93. The van der Waals surface area contributed by atoms with Crippen molar-refractivity contribution in [3.8, 4) is 0 Å². The quantitative estimate of drug-likeness (QED) is 0.544. The predicted molar refractivity (Wildman–Crippen MR) is 91.9 cm³/mol. The van der Waals surface area contributed by atoms with Crippen LogP contribution in [0.15, 0.2) is 23.1 Å². The molecule has 1 atom stereocenters. The Bertz CT molecular complexity index is 716. The molecular weight excluding hydrogens is 332 g/mol. The molecule has 1 aromatic rings. The maximum absolute atomic E-state index is 12.0. The van der Waals surface area contributed by atoms with Gasteiger partial charge >= 0.3 is 0 Å². The van der Waals surface area contributed by atoms with Crippen molar-refractivity contribution in [1.29, 1.82) is 0 Å². The number of carbonyl (C=O) groups excluding carboxylic acids is 2. The lowest BCUT2D eigenvalue weighted by Gasteiger charge is -2.16. The molecular formula is C15H24N4O4S. The Labute approximate surface area is 142 Å². The van der Waals surface area contributed by atoms with Crippen molar-refractivity contribution in [1.82, 2.24) is 10.0 Å². The summed E-state index contributed by atoms with van der Waals surface area (Å²) in [5, 5.41) is 5.04. The van der Waals surface area contributed by atoms with Crippen LogP contribution in [0.1, 0.15) is 19.4 Å². The molecule has 0 saturated heterocycles. The van der Waals surface area contributed by atoms with Crippen molar-refractivity contribution in [2.45, 2.75) is 31.7 Å². The van der Waals surface area contributed by atoms with E-state index < -0.39 is 27.9 Å². The highest BCUT2D eigenvalue weighted by atomic mass is 32.2. The molecule has 5 N–H and O–H groups in total. The first kappa shape index (κ1) is 20.1. The minimum Gasteiger partial charge on any atom is -0.346 e. The lowest BCUT2D eigenvalue weighted by atomic mass is 10.1. The van der Waals surface area contributed by atoms with E-state index in [1.807, 2.05) is 0 Å². The first-order valence-electron chi connectivity index (χ1n) is 7.46. The number of anilines is 1. The van der Waals surface area contributed by atoms with Crippen molar-refractivity contribution in [3.63, 3.8) is 0 Å². The van der Waals surface area contributed by atoms with Crippen LogP contribution in [0.25, 0.3) is 0 Å². The fraction of sp³-hybridized carbons (Fsp3) is 0.467. The third-order valence-corrected chi connectivity index (χ3v) is 5.12. The van der Waals surface area contributed by atoms with Gasteiger partial charge in [-0.15, -0.1) is 0 Å². The van der Waals surface area contributed by atoms with Crippen LogP contribution in [0.5, 0.6) is 0 Å². The molecule has 0 unspecified atom stereocenters. The van der Waals surface area contributed by atoms with Gasteiger partial charge in [-0.3, -0.25) is 9.59 Å². The van der Waals surface area contributed by atoms with E-state index in [4.69, 9.17) is 5.73 Å². The molecule has 0 aromatic heterocycles. The van der Waals surface area contributed by atoms with Crippen LogP contribution in [0.3, 0.4) is 0 Å². The van der Waals surface area contributed by atoms with E-state index in [2.05, 4.69) is 15.4 Å². The van der Waals surface area contributed by atoms with E-state index in [1.54, 1.807) is 26.8 Å². The molecule has 2 amide bonds. The second kappa shape index (κ2) is 8.22. The third-order valence-electron chi connectivity index (χ3n) is 3.56. The van der Waals surface area contributed by atoms with E-state index in [0.29, 0.717) is 11.3 Å². The minimum absolute atomic E-state index is 0.0428. The van der Waals surface area contributed by atoms with Gasteiger partial charge in [0.05, 0.1) is 17.5 Å². The molecule has 0 fully saturated rings. The van der Waals surface area contributed by atoms with Gasteiger partial charge in [0.25, 0.3) is 0 Å². The van der Waals surface area contributed by atoms with Crippen LogP contribution in [0, 0.1) is 12.8 Å². The van der Waals surface area contributed by atoms with E-state index in [9.17, 15) is 18.0 Å². The van der Waals surface area contributed by atoms with Crippen molar-refractivity contribution in [2.75, 3.05) is 18.9 Å². The molecule has 0 radical (unpaired) electrons. The smallest absolute Gasteiger partial charge is 0.243 e. The Morgan fingerprint density at radius 1 is 1.25 bits per heavy atom. The molecule has 9 heteroatoms. The number of benzene rings is 1. The third kappa shape index (κ3) is 5.02. The van der Waals surface area contributed by atoms with Gasteiger partial charge in [0.2, 0.25) is 21.8 Å².